The lowest BCUT2D eigenvalue weighted by atomic mass is 9.70. The lowest BCUT2D eigenvalue weighted by Crippen LogP contribution is -2.32. The molecule has 0 aromatic rings. The van der Waals surface area contributed by atoms with Crippen LogP contribution in [0.15, 0.2) is 47.6 Å². The van der Waals surface area contributed by atoms with Gasteiger partial charge >= 0.3 is 0 Å². The number of aliphatic hydroxyl groups is 1. The molecule has 1 N–H and O–H groups in total. The summed E-state index contributed by atoms with van der Waals surface area (Å²) in [7, 11) is 0. The molecule has 2 aliphatic carbocycles. The zero-order chi connectivity index (χ0) is 15.1. The Bertz CT molecular complexity index is 428. The fourth-order valence-corrected chi connectivity index (χ4v) is 4.12. The molecule has 0 radical (unpaired) electrons. The third-order valence-corrected chi connectivity index (χ3v) is 5.29. The lowest BCUT2D eigenvalue weighted by Gasteiger charge is -2.39. The van der Waals surface area contributed by atoms with E-state index in [1.807, 2.05) is 0 Å². The van der Waals surface area contributed by atoms with Gasteiger partial charge in [-0.2, -0.15) is 0 Å². The van der Waals surface area contributed by atoms with E-state index in [1.54, 1.807) is 0 Å². The highest BCUT2D eigenvalue weighted by atomic mass is 35.5. The van der Waals surface area contributed by atoms with Crippen LogP contribution < -0.4 is 0 Å². The van der Waals surface area contributed by atoms with Crippen LogP contribution in [-0.4, -0.2) is 16.5 Å². The van der Waals surface area contributed by atoms with E-state index < -0.39 is 4.84 Å². The molecule has 0 unspecified atom stereocenters. The normalized spacial score (nSPS) is 17.7. The van der Waals surface area contributed by atoms with E-state index in [1.165, 1.54) is 11.1 Å². The van der Waals surface area contributed by atoms with Crippen molar-refractivity contribution in [1.29, 1.82) is 0 Å². The van der Waals surface area contributed by atoms with Crippen molar-refractivity contribution in [3.05, 3.63) is 47.6 Å². The minimum Gasteiger partial charge on any atom is -0.396 e. The molecular formula is C18H24Cl2O. The molecule has 0 spiro atoms. The first-order chi connectivity index (χ1) is 10.2. The van der Waals surface area contributed by atoms with Gasteiger partial charge in [0.2, 0.25) is 0 Å². The highest BCUT2D eigenvalue weighted by Gasteiger charge is 2.43. The Hall–Kier alpha value is -0.500. The second kappa shape index (κ2) is 8.22. The van der Waals surface area contributed by atoms with Gasteiger partial charge in [0.05, 0.1) is 0 Å². The van der Waals surface area contributed by atoms with Crippen LogP contribution in [0.3, 0.4) is 0 Å². The largest absolute Gasteiger partial charge is 0.396 e. The minimum atomic E-state index is -0.423. The second-order valence-electron chi connectivity index (χ2n) is 5.81. The summed E-state index contributed by atoms with van der Waals surface area (Å²) in [5, 5.41) is 8.88. The van der Waals surface area contributed by atoms with Gasteiger partial charge in [0.15, 0.2) is 0 Å². The van der Waals surface area contributed by atoms with Crippen LogP contribution in [0.2, 0.25) is 0 Å². The first-order valence-electron chi connectivity index (χ1n) is 7.83. The molecule has 0 aromatic carbocycles. The van der Waals surface area contributed by atoms with E-state index in [9.17, 15) is 0 Å². The third-order valence-electron chi connectivity index (χ3n) is 4.54. The van der Waals surface area contributed by atoms with Crippen LogP contribution in [0, 0.1) is 5.41 Å². The standard InChI is InChI=1S/C18H24Cl2O/c19-17(20)18(15-9-3-4-10-15,16-11-5-6-12-16)13-7-1-2-8-14-21/h3-6,9,11,17,21H,1-2,7-8,10,12-14H2. The first kappa shape index (κ1) is 16.9. The molecule has 2 rings (SSSR count). The summed E-state index contributed by atoms with van der Waals surface area (Å²) in [6.45, 7) is 0.281. The summed E-state index contributed by atoms with van der Waals surface area (Å²) < 4.78 is 0. The molecule has 3 heteroatoms. The highest BCUT2D eigenvalue weighted by molar-refractivity contribution is 6.45. The summed E-state index contributed by atoms with van der Waals surface area (Å²) in [5.74, 6) is 0. The van der Waals surface area contributed by atoms with Crippen molar-refractivity contribution in [2.75, 3.05) is 6.61 Å². The summed E-state index contributed by atoms with van der Waals surface area (Å²) in [6.07, 6.45) is 20.0. The van der Waals surface area contributed by atoms with Crippen LogP contribution in [0.5, 0.6) is 0 Å². The van der Waals surface area contributed by atoms with Crippen LogP contribution in [0.4, 0.5) is 0 Å². The average Bonchev–Trinajstić information content (AvgIpc) is 3.15. The van der Waals surface area contributed by atoms with Crippen LogP contribution in [0.1, 0.15) is 44.9 Å². The maximum Gasteiger partial charge on any atom is 0.120 e. The van der Waals surface area contributed by atoms with Crippen molar-refractivity contribution < 1.29 is 5.11 Å². The molecule has 0 saturated carbocycles. The number of halogens is 2. The quantitative estimate of drug-likeness (QED) is 0.438. The van der Waals surface area contributed by atoms with Crippen molar-refractivity contribution in [1.82, 2.24) is 0 Å². The Balaban J connectivity index is 2.12. The predicted octanol–water partition coefficient (Wildman–Crippen LogP) is 5.49. The van der Waals surface area contributed by atoms with E-state index in [0.717, 1.165) is 44.9 Å². The van der Waals surface area contributed by atoms with Gasteiger partial charge in [-0.25, -0.2) is 0 Å². The minimum absolute atomic E-state index is 0.227. The zero-order valence-electron chi connectivity index (χ0n) is 12.4. The lowest BCUT2D eigenvalue weighted by molar-refractivity contribution is 0.280. The fraction of sp³-hybridized carbons (Fsp3) is 0.556. The van der Waals surface area contributed by atoms with E-state index in [0.29, 0.717) is 0 Å². The smallest absolute Gasteiger partial charge is 0.120 e. The SMILES string of the molecule is OCCCCCCC(C1=CC=CC1)(C1=CC=CC1)C(Cl)Cl. The number of unbranched alkanes of at least 4 members (excludes halogenated alkanes) is 3. The van der Waals surface area contributed by atoms with Crippen molar-refractivity contribution in [2.24, 2.45) is 5.41 Å². The van der Waals surface area contributed by atoms with Gasteiger partial charge in [-0.3, -0.25) is 0 Å². The molecule has 0 bridgehead atoms. The highest BCUT2D eigenvalue weighted by Crippen LogP contribution is 2.52. The van der Waals surface area contributed by atoms with Crippen molar-refractivity contribution in [3.8, 4) is 0 Å². The van der Waals surface area contributed by atoms with Crippen LogP contribution in [-0.2, 0) is 0 Å². The molecule has 2 aliphatic rings. The molecule has 0 heterocycles. The topological polar surface area (TPSA) is 20.2 Å². The Morgan fingerprint density at radius 3 is 1.95 bits per heavy atom. The van der Waals surface area contributed by atoms with Gasteiger partial charge in [-0.1, -0.05) is 66.9 Å². The Morgan fingerprint density at radius 2 is 1.52 bits per heavy atom. The van der Waals surface area contributed by atoms with Gasteiger partial charge in [-0.15, -0.1) is 23.2 Å². The molecular weight excluding hydrogens is 303 g/mol. The molecule has 0 aromatic heterocycles. The summed E-state index contributed by atoms with van der Waals surface area (Å²) in [5.41, 5.74) is 2.46. The predicted molar refractivity (Wildman–Crippen MR) is 91.8 cm³/mol. The van der Waals surface area contributed by atoms with Crippen LogP contribution >= 0.6 is 23.2 Å². The van der Waals surface area contributed by atoms with E-state index in [2.05, 4.69) is 36.5 Å². The zero-order valence-corrected chi connectivity index (χ0v) is 13.9. The van der Waals surface area contributed by atoms with Gasteiger partial charge in [-0.05, 0) is 25.7 Å². The maximum absolute atomic E-state index is 8.88. The Morgan fingerprint density at radius 1 is 0.952 bits per heavy atom. The first-order valence-corrected chi connectivity index (χ1v) is 8.70. The van der Waals surface area contributed by atoms with Gasteiger partial charge in [0.25, 0.3) is 0 Å². The molecule has 0 saturated heterocycles. The summed E-state index contributed by atoms with van der Waals surface area (Å²) >= 11 is 13.0. The monoisotopic (exact) mass is 326 g/mol. The summed E-state index contributed by atoms with van der Waals surface area (Å²) in [4.78, 5) is -0.423. The molecule has 0 amide bonds. The molecule has 1 nitrogen and oxygen atoms in total. The molecule has 0 aliphatic heterocycles. The van der Waals surface area contributed by atoms with Crippen molar-refractivity contribution >= 4 is 23.2 Å². The van der Waals surface area contributed by atoms with Crippen molar-refractivity contribution in [2.45, 2.75) is 49.8 Å². The molecule has 0 fully saturated rings. The summed E-state index contributed by atoms with van der Waals surface area (Å²) in [6, 6.07) is 0. The van der Waals surface area contributed by atoms with E-state index in [4.69, 9.17) is 28.3 Å². The molecule has 0 atom stereocenters. The Kier molecular flexibility index (Phi) is 6.60. The van der Waals surface area contributed by atoms with Gasteiger partial charge < -0.3 is 5.11 Å². The fourth-order valence-electron chi connectivity index (χ4n) is 3.34. The number of allylic oxidation sites excluding steroid dienone is 8. The average molecular weight is 327 g/mol. The van der Waals surface area contributed by atoms with E-state index in [-0.39, 0.29) is 12.0 Å². The van der Waals surface area contributed by atoms with Crippen molar-refractivity contribution in [3.63, 3.8) is 0 Å². The molecule has 116 valence electrons. The van der Waals surface area contributed by atoms with Crippen LogP contribution in [0.25, 0.3) is 0 Å². The van der Waals surface area contributed by atoms with Gasteiger partial charge in [0.1, 0.15) is 4.84 Å². The number of hydrogen-bond acceptors (Lipinski definition) is 1. The number of hydrogen-bond donors (Lipinski definition) is 1. The molecule has 21 heavy (non-hydrogen) atoms. The van der Waals surface area contributed by atoms with E-state index >= 15 is 0 Å². The number of rotatable bonds is 9. The Labute approximate surface area is 138 Å². The van der Waals surface area contributed by atoms with Gasteiger partial charge in [0, 0.05) is 12.0 Å². The number of aliphatic hydroxyl groups excluding tert-OH is 1. The number of alkyl halides is 2. The third kappa shape index (κ3) is 3.83. The maximum atomic E-state index is 8.88. The second-order valence-corrected chi connectivity index (χ2v) is 6.90.